The highest BCUT2D eigenvalue weighted by molar-refractivity contribution is 14.0. The number of nitrogens with zero attached hydrogens (tertiary/aromatic N) is 3. The number of hydrogen-bond acceptors (Lipinski definition) is 5. The van der Waals surface area contributed by atoms with Gasteiger partial charge >= 0.3 is 0 Å². The van der Waals surface area contributed by atoms with E-state index in [0.29, 0.717) is 12.5 Å². The lowest BCUT2D eigenvalue weighted by molar-refractivity contribution is 0.122. The number of guanidine groups is 1. The topological polar surface area (TPSA) is 71.0 Å². The van der Waals surface area contributed by atoms with Crippen LogP contribution in [0.15, 0.2) is 47.6 Å². The number of anilines is 1. The molecule has 1 aliphatic rings. The third-order valence-electron chi connectivity index (χ3n) is 5.40. The standard InChI is InChI=1S/C23H33N5O2.HI/c1-18(19-6-8-21(29-3)9-7-19)10-12-26-23(24-2)27-17-20-5-4-11-25-22(20)28-13-15-30-16-14-28;/h4-9,11,18H,10,12-17H2,1-3H3,(H2,24,26,27);1H. The average Bonchev–Trinajstić information content (AvgIpc) is 2.82. The van der Waals surface area contributed by atoms with Gasteiger partial charge in [-0.15, -0.1) is 24.0 Å². The summed E-state index contributed by atoms with van der Waals surface area (Å²) in [6.45, 7) is 7.01. The molecule has 2 aromatic rings. The Balaban J connectivity index is 0.00000341. The van der Waals surface area contributed by atoms with Crippen molar-refractivity contribution in [2.75, 3.05) is 51.9 Å². The lowest BCUT2D eigenvalue weighted by Crippen LogP contribution is -2.39. The van der Waals surface area contributed by atoms with Gasteiger partial charge in [0, 0.05) is 45.0 Å². The van der Waals surface area contributed by atoms with Crippen LogP contribution in [0.4, 0.5) is 5.82 Å². The molecule has 0 spiro atoms. The number of aromatic nitrogens is 1. The lowest BCUT2D eigenvalue weighted by Gasteiger charge is -2.29. The van der Waals surface area contributed by atoms with E-state index in [2.05, 4.69) is 50.6 Å². The predicted octanol–water partition coefficient (Wildman–Crippen LogP) is 3.40. The highest BCUT2D eigenvalue weighted by Gasteiger charge is 2.16. The first-order chi connectivity index (χ1) is 14.7. The Morgan fingerprint density at radius 3 is 2.61 bits per heavy atom. The van der Waals surface area contributed by atoms with E-state index in [0.717, 1.165) is 62.4 Å². The maximum Gasteiger partial charge on any atom is 0.191 e. The van der Waals surface area contributed by atoms with E-state index in [9.17, 15) is 0 Å². The molecule has 1 aromatic carbocycles. The number of aliphatic imine (C=N–C) groups is 1. The Hall–Kier alpha value is -2.07. The van der Waals surface area contributed by atoms with Gasteiger partial charge in [-0.1, -0.05) is 25.1 Å². The van der Waals surface area contributed by atoms with Crippen molar-refractivity contribution in [2.24, 2.45) is 4.99 Å². The van der Waals surface area contributed by atoms with E-state index in [1.165, 1.54) is 5.56 Å². The van der Waals surface area contributed by atoms with Crippen LogP contribution in [0.25, 0.3) is 0 Å². The number of rotatable bonds is 8. The van der Waals surface area contributed by atoms with Crippen LogP contribution in [0.1, 0.15) is 30.4 Å². The minimum absolute atomic E-state index is 0. The number of nitrogens with one attached hydrogen (secondary N) is 2. The van der Waals surface area contributed by atoms with Crippen molar-refractivity contribution in [1.29, 1.82) is 0 Å². The Bertz CT molecular complexity index is 810. The summed E-state index contributed by atoms with van der Waals surface area (Å²) in [6.07, 6.45) is 2.86. The molecule has 1 fully saturated rings. The number of pyridine rings is 1. The smallest absolute Gasteiger partial charge is 0.191 e. The fraction of sp³-hybridized carbons (Fsp3) is 0.478. The van der Waals surface area contributed by atoms with Gasteiger partial charge in [0.2, 0.25) is 0 Å². The van der Waals surface area contributed by atoms with Crippen molar-refractivity contribution in [2.45, 2.75) is 25.8 Å². The molecular formula is C23H34IN5O2. The normalized spacial score (nSPS) is 15.1. The number of hydrogen-bond donors (Lipinski definition) is 2. The molecule has 0 amide bonds. The Morgan fingerprint density at radius 1 is 1.19 bits per heavy atom. The molecule has 3 rings (SSSR count). The summed E-state index contributed by atoms with van der Waals surface area (Å²) in [5.41, 5.74) is 2.47. The molecule has 7 nitrogen and oxygen atoms in total. The summed E-state index contributed by atoms with van der Waals surface area (Å²) in [5.74, 6) is 3.17. The minimum Gasteiger partial charge on any atom is -0.497 e. The number of ether oxygens (including phenoxy) is 2. The summed E-state index contributed by atoms with van der Waals surface area (Å²) in [7, 11) is 3.49. The Labute approximate surface area is 202 Å². The molecule has 2 N–H and O–H groups in total. The van der Waals surface area contributed by atoms with Gasteiger partial charge in [0.05, 0.1) is 20.3 Å². The molecule has 1 atom stereocenters. The second kappa shape index (κ2) is 13.4. The maximum atomic E-state index is 5.46. The van der Waals surface area contributed by atoms with Gasteiger partial charge in [0.25, 0.3) is 0 Å². The molecule has 0 bridgehead atoms. The first-order valence-corrected chi connectivity index (χ1v) is 10.6. The third-order valence-corrected chi connectivity index (χ3v) is 5.40. The zero-order valence-corrected chi connectivity index (χ0v) is 21.0. The third kappa shape index (κ3) is 7.53. The van der Waals surface area contributed by atoms with Crippen molar-refractivity contribution < 1.29 is 9.47 Å². The van der Waals surface area contributed by atoms with Gasteiger partial charge in [0.15, 0.2) is 5.96 Å². The van der Waals surface area contributed by atoms with Crippen molar-refractivity contribution >= 4 is 35.8 Å². The SMILES string of the molecule is CN=C(NCCC(C)c1ccc(OC)cc1)NCc1cccnc1N1CCOCC1.I. The highest BCUT2D eigenvalue weighted by atomic mass is 127. The molecule has 1 unspecified atom stereocenters. The van der Waals surface area contributed by atoms with Gasteiger partial charge in [-0.2, -0.15) is 0 Å². The monoisotopic (exact) mass is 539 g/mol. The van der Waals surface area contributed by atoms with Crippen LogP contribution in [0.5, 0.6) is 5.75 Å². The number of benzene rings is 1. The molecule has 170 valence electrons. The van der Waals surface area contributed by atoms with E-state index in [1.54, 1.807) is 14.2 Å². The molecular weight excluding hydrogens is 505 g/mol. The maximum absolute atomic E-state index is 5.46. The van der Waals surface area contributed by atoms with Crippen molar-refractivity contribution in [1.82, 2.24) is 15.6 Å². The second-order valence-electron chi connectivity index (χ2n) is 7.40. The van der Waals surface area contributed by atoms with Crippen LogP contribution < -0.4 is 20.3 Å². The summed E-state index contributed by atoms with van der Waals surface area (Å²) in [5, 5.41) is 6.84. The molecule has 1 aromatic heterocycles. The van der Waals surface area contributed by atoms with E-state index in [-0.39, 0.29) is 24.0 Å². The minimum atomic E-state index is 0. The first-order valence-electron chi connectivity index (χ1n) is 10.6. The van der Waals surface area contributed by atoms with Gasteiger partial charge in [0.1, 0.15) is 11.6 Å². The fourth-order valence-electron chi connectivity index (χ4n) is 3.53. The summed E-state index contributed by atoms with van der Waals surface area (Å²) in [4.78, 5) is 11.2. The van der Waals surface area contributed by atoms with Crippen molar-refractivity contribution in [3.63, 3.8) is 0 Å². The van der Waals surface area contributed by atoms with Crippen LogP contribution in [0.2, 0.25) is 0 Å². The molecule has 8 heteroatoms. The molecule has 0 radical (unpaired) electrons. The largest absolute Gasteiger partial charge is 0.497 e. The van der Waals surface area contributed by atoms with Crippen molar-refractivity contribution in [3.8, 4) is 5.75 Å². The van der Waals surface area contributed by atoms with E-state index >= 15 is 0 Å². The molecule has 0 saturated carbocycles. The molecule has 1 aliphatic heterocycles. The van der Waals surface area contributed by atoms with Crippen LogP contribution in [0.3, 0.4) is 0 Å². The molecule has 2 heterocycles. The van der Waals surface area contributed by atoms with Gasteiger partial charge in [-0.25, -0.2) is 4.98 Å². The van der Waals surface area contributed by atoms with Crippen LogP contribution >= 0.6 is 24.0 Å². The van der Waals surface area contributed by atoms with E-state index in [4.69, 9.17) is 9.47 Å². The number of morpholine rings is 1. The van der Waals surface area contributed by atoms with Gasteiger partial charge < -0.3 is 25.0 Å². The summed E-state index contributed by atoms with van der Waals surface area (Å²) < 4.78 is 10.7. The quantitative estimate of drug-likeness (QED) is 0.305. The molecule has 0 aliphatic carbocycles. The van der Waals surface area contributed by atoms with E-state index in [1.807, 2.05) is 24.4 Å². The summed E-state index contributed by atoms with van der Waals surface area (Å²) in [6, 6.07) is 12.4. The lowest BCUT2D eigenvalue weighted by atomic mass is 9.98. The Morgan fingerprint density at radius 2 is 1.94 bits per heavy atom. The first kappa shape index (κ1) is 25.2. The van der Waals surface area contributed by atoms with Crippen LogP contribution in [-0.2, 0) is 11.3 Å². The molecule has 31 heavy (non-hydrogen) atoms. The second-order valence-corrected chi connectivity index (χ2v) is 7.40. The zero-order chi connectivity index (χ0) is 21.2. The number of methoxy groups -OCH3 is 1. The number of halogens is 1. The Kier molecular flexibility index (Phi) is 10.9. The predicted molar refractivity (Wildman–Crippen MR) is 137 cm³/mol. The zero-order valence-electron chi connectivity index (χ0n) is 18.6. The van der Waals surface area contributed by atoms with Gasteiger partial charge in [-0.05, 0) is 36.1 Å². The molecule has 1 saturated heterocycles. The summed E-state index contributed by atoms with van der Waals surface area (Å²) >= 11 is 0. The van der Waals surface area contributed by atoms with E-state index < -0.39 is 0 Å². The van der Waals surface area contributed by atoms with Gasteiger partial charge in [-0.3, -0.25) is 4.99 Å². The van der Waals surface area contributed by atoms with Crippen molar-refractivity contribution in [3.05, 3.63) is 53.7 Å². The van der Waals surface area contributed by atoms with Crippen LogP contribution in [0, 0.1) is 0 Å². The highest BCUT2D eigenvalue weighted by Crippen LogP contribution is 2.21. The fourth-order valence-corrected chi connectivity index (χ4v) is 3.53. The average molecular weight is 539 g/mol. The van der Waals surface area contributed by atoms with Crippen LogP contribution in [-0.4, -0.2) is 57.9 Å².